The molecule has 6 nitrogen and oxygen atoms in total. The van der Waals surface area contributed by atoms with E-state index in [0.717, 1.165) is 0 Å². The van der Waals surface area contributed by atoms with Crippen molar-refractivity contribution < 1.29 is 28.5 Å². The second-order valence-corrected chi connectivity index (χ2v) is 4.86. The van der Waals surface area contributed by atoms with Gasteiger partial charge >= 0.3 is 11.9 Å². The molecular formula is C18H18O6. The SMILES string of the molecule is COC(=O)c1ccc(OC(C)=O)cc1-c1cc(OC)ccc1OC. The van der Waals surface area contributed by atoms with Gasteiger partial charge in [0.15, 0.2) is 0 Å². The van der Waals surface area contributed by atoms with Gasteiger partial charge in [-0.05, 0) is 36.4 Å². The Hall–Kier alpha value is -3.02. The highest BCUT2D eigenvalue weighted by atomic mass is 16.5. The van der Waals surface area contributed by atoms with Gasteiger partial charge in [-0.3, -0.25) is 4.79 Å². The molecule has 6 heteroatoms. The second kappa shape index (κ2) is 7.50. The van der Waals surface area contributed by atoms with Gasteiger partial charge < -0.3 is 18.9 Å². The van der Waals surface area contributed by atoms with Gasteiger partial charge in [-0.1, -0.05) is 0 Å². The van der Waals surface area contributed by atoms with Crippen LogP contribution in [0.25, 0.3) is 11.1 Å². The van der Waals surface area contributed by atoms with Crippen LogP contribution in [0, 0.1) is 0 Å². The molecule has 0 bridgehead atoms. The van der Waals surface area contributed by atoms with Gasteiger partial charge in [0.1, 0.15) is 17.2 Å². The van der Waals surface area contributed by atoms with Crippen LogP contribution in [0.2, 0.25) is 0 Å². The normalized spacial score (nSPS) is 10.0. The van der Waals surface area contributed by atoms with Crippen LogP contribution in [0.3, 0.4) is 0 Å². The number of hydrogen-bond donors (Lipinski definition) is 0. The Morgan fingerprint density at radius 1 is 0.833 bits per heavy atom. The molecule has 2 rings (SSSR count). The highest BCUT2D eigenvalue weighted by Gasteiger charge is 2.18. The molecule has 0 fully saturated rings. The summed E-state index contributed by atoms with van der Waals surface area (Å²) in [6, 6.07) is 9.87. The molecule has 0 atom stereocenters. The molecule has 0 aliphatic heterocycles. The quantitative estimate of drug-likeness (QED) is 0.620. The zero-order valence-electron chi connectivity index (χ0n) is 13.9. The molecule has 2 aromatic carbocycles. The van der Waals surface area contributed by atoms with Crippen molar-refractivity contribution in [3.63, 3.8) is 0 Å². The van der Waals surface area contributed by atoms with E-state index in [4.69, 9.17) is 18.9 Å². The fourth-order valence-electron chi connectivity index (χ4n) is 2.29. The lowest BCUT2D eigenvalue weighted by Gasteiger charge is -2.14. The number of methoxy groups -OCH3 is 3. The van der Waals surface area contributed by atoms with Crippen molar-refractivity contribution in [3.8, 4) is 28.4 Å². The molecule has 0 aliphatic rings. The van der Waals surface area contributed by atoms with E-state index >= 15 is 0 Å². The number of hydrogen-bond acceptors (Lipinski definition) is 6. The van der Waals surface area contributed by atoms with Crippen molar-refractivity contribution >= 4 is 11.9 Å². The zero-order valence-corrected chi connectivity index (χ0v) is 13.9. The number of carbonyl (C=O) groups excluding carboxylic acids is 2. The first kappa shape index (κ1) is 17.3. The van der Waals surface area contributed by atoms with E-state index in [9.17, 15) is 9.59 Å². The summed E-state index contributed by atoms with van der Waals surface area (Å²) in [5.41, 5.74) is 1.45. The molecule has 0 heterocycles. The fraction of sp³-hybridized carbons (Fsp3) is 0.222. The summed E-state index contributed by atoms with van der Waals surface area (Å²) >= 11 is 0. The van der Waals surface area contributed by atoms with E-state index in [2.05, 4.69) is 0 Å². The van der Waals surface area contributed by atoms with Gasteiger partial charge in [0.25, 0.3) is 0 Å². The Morgan fingerprint density at radius 2 is 1.50 bits per heavy atom. The minimum absolute atomic E-state index is 0.315. The third-order valence-electron chi connectivity index (χ3n) is 3.35. The molecular weight excluding hydrogens is 312 g/mol. The summed E-state index contributed by atoms with van der Waals surface area (Å²) in [4.78, 5) is 23.3. The van der Waals surface area contributed by atoms with Gasteiger partial charge in [-0.2, -0.15) is 0 Å². The zero-order chi connectivity index (χ0) is 17.7. The maximum Gasteiger partial charge on any atom is 0.338 e. The Bertz CT molecular complexity index is 766. The van der Waals surface area contributed by atoms with Crippen LogP contribution < -0.4 is 14.2 Å². The molecule has 0 aliphatic carbocycles. The highest BCUT2D eigenvalue weighted by Crippen LogP contribution is 2.37. The lowest BCUT2D eigenvalue weighted by Crippen LogP contribution is -2.06. The summed E-state index contributed by atoms with van der Waals surface area (Å²) < 4.78 is 20.6. The van der Waals surface area contributed by atoms with Crippen molar-refractivity contribution in [2.75, 3.05) is 21.3 Å². The van der Waals surface area contributed by atoms with Crippen LogP contribution in [0.15, 0.2) is 36.4 Å². The van der Waals surface area contributed by atoms with E-state index < -0.39 is 11.9 Å². The largest absolute Gasteiger partial charge is 0.497 e. The maximum atomic E-state index is 12.1. The number of benzene rings is 2. The van der Waals surface area contributed by atoms with Crippen molar-refractivity contribution in [1.82, 2.24) is 0 Å². The van der Waals surface area contributed by atoms with Gasteiger partial charge in [-0.15, -0.1) is 0 Å². The van der Waals surface area contributed by atoms with Crippen LogP contribution in [-0.4, -0.2) is 33.3 Å². The average molecular weight is 330 g/mol. The lowest BCUT2D eigenvalue weighted by molar-refractivity contribution is -0.131. The lowest BCUT2D eigenvalue weighted by atomic mass is 9.98. The summed E-state index contributed by atoms with van der Waals surface area (Å²) in [5, 5.41) is 0. The van der Waals surface area contributed by atoms with Crippen LogP contribution in [0.4, 0.5) is 0 Å². The third-order valence-corrected chi connectivity index (χ3v) is 3.35. The molecule has 126 valence electrons. The molecule has 0 N–H and O–H groups in total. The molecule has 2 aromatic rings. The molecule has 24 heavy (non-hydrogen) atoms. The first-order valence-corrected chi connectivity index (χ1v) is 7.13. The van der Waals surface area contributed by atoms with Crippen LogP contribution in [0.1, 0.15) is 17.3 Å². The smallest absolute Gasteiger partial charge is 0.338 e. The van der Waals surface area contributed by atoms with E-state index in [1.54, 1.807) is 37.4 Å². The van der Waals surface area contributed by atoms with Gasteiger partial charge in [0.2, 0.25) is 0 Å². The first-order chi connectivity index (χ1) is 11.5. The molecule has 0 saturated carbocycles. The predicted molar refractivity (Wildman–Crippen MR) is 87.6 cm³/mol. The monoisotopic (exact) mass is 330 g/mol. The second-order valence-electron chi connectivity index (χ2n) is 4.86. The van der Waals surface area contributed by atoms with Crippen molar-refractivity contribution in [3.05, 3.63) is 42.0 Å². The topological polar surface area (TPSA) is 71.1 Å². The van der Waals surface area contributed by atoms with Crippen LogP contribution in [-0.2, 0) is 9.53 Å². The van der Waals surface area contributed by atoms with E-state index in [1.165, 1.54) is 27.2 Å². The molecule has 0 aromatic heterocycles. The van der Waals surface area contributed by atoms with E-state index in [-0.39, 0.29) is 0 Å². The van der Waals surface area contributed by atoms with Crippen LogP contribution in [0.5, 0.6) is 17.2 Å². The van der Waals surface area contributed by atoms with Crippen molar-refractivity contribution in [2.24, 2.45) is 0 Å². The van der Waals surface area contributed by atoms with Gasteiger partial charge in [0.05, 0.1) is 26.9 Å². The summed E-state index contributed by atoms with van der Waals surface area (Å²) in [6.07, 6.45) is 0. The third kappa shape index (κ3) is 3.65. The van der Waals surface area contributed by atoms with Gasteiger partial charge in [-0.25, -0.2) is 4.79 Å². The van der Waals surface area contributed by atoms with E-state index in [1.807, 2.05) is 0 Å². The Morgan fingerprint density at radius 3 is 2.08 bits per heavy atom. The van der Waals surface area contributed by atoms with E-state index in [0.29, 0.717) is 33.9 Å². The molecule has 0 amide bonds. The highest BCUT2D eigenvalue weighted by molar-refractivity contribution is 5.98. The Balaban J connectivity index is 2.69. The number of carbonyl (C=O) groups is 2. The predicted octanol–water partition coefficient (Wildman–Crippen LogP) is 3.08. The van der Waals surface area contributed by atoms with Crippen molar-refractivity contribution in [1.29, 1.82) is 0 Å². The standard InChI is InChI=1S/C18H18O6/c1-11(19)24-13-5-7-14(18(20)23-4)15(10-13)16-9-12(21-2)6-8-17(16)22-3/h5-10H,1-4H3. The summed E-state index contributed by atoms with van der Waals surface area (Å²) in [5.74, 6) is 0.490. The molecule has 0 radical (unpaired) electrons. The number of esters is 2. The average Bonchev–Trinajstić information content (AvgIpc) is 2.59. The fourth-order valence-corrected chi connectivity index (χ4v) is 2.29. The first-order valence-electron chi connectivity index (χ1n) is 7.13. The molecule has 0 unspecified atom stereocenters. The number of rotatable bonds is 5. The molecule has 0 saturated heterocycles. The minimum atomic E-state index is -0.510. The summed E-state index contributed by atoms with van der Waals surface area (Å²) in [7, 11) is 4.37. The van der Waals surface area contributed by atoms with Crippen LogP contribution >= 0.6 is 0 Å². The molecule has 0 spiro atoms. The Labute approximate surface area is 139 Å². The van der Waals surface area contributed by atoms with Crippen molar-refractivity contribution in [2.45, 2.75) is 6.92 Å². The maximum absolute atomic E-state index is 12.1. The number of ether oxygens (including phenoxy) is 4. The Kier molecular flexibility index (Phi) is 5.42. The minimum Gasteiger partial charge on any atom is -0.497 e. The van der Waals surface area contributed by atoms with Gasteiger partial charge in [0, 0.05) is 18.1 Å². The summed E-state index contributed by atoms with van der Waals surface area (Å²) in [6.45, 7) is 1.31.